The van der Waals surface area contributed by atoms with E-state index < -0.39 is 0 Å². The molecule has 2 heterocycles. The van der Waals surface area contributed by atoms with Crippen molar-refractivity contribution in [1.82, 2.24) is 10.2 Å². The summed E-state index contributed by atoms with van der Waals surface area (Å²) in [6, 6.07) is 15.5. The first-order valence-electron chi connectivity index (χ1n) is 11.7. The molecule has 6 rings (SSSR count). The van der Waals surface area contributed by atoms with E-state index in [1.165, 1.54) is 28.7 Å². The normalized spacial score (nSPS) is 28.2. The van der Waals surface area contributed by atoms with Gasteiger partial charge in [-0.2, -0.15) is 0 Å². The lowest BCUT2D eigenvalue weighted by Crippen LogP contribution is -2.51. The van der Waals surface area contributed by atoms with Gasteiger partial charge in [0.1, 0.15) is 0 Å². The molecule has 4 aliphatic rings. The first-order valence-corrected chi connectivity index (χ1v) is 12.5. The van der Waals surface area contributed by atoms with Gasteiger partial charge in [-0.05, 0) is 66.5 Å². The molecule has 4 heteroatoms. The third-order valence-electron chi connectivity index (χ3n) is 8.47. The van der Waals surface area contributed by atoms with E-state index in [-0.39, 0.29) is 16.7 Å². The van der Waals surface area contributed by atoms with E-state index in [2.05, 4.69) is 80.8 Å². The number of carbonyl (C=O) groups is 1. The van der Waals surface area contributed by atoms with Crippen LogP contribution in [0.15, 0.2) is 53.0 Å². The van der Waals surface area contributed by atoms with Gasteiger partial charge in [0.15, 0.2) is 0 Å². The van der Waals surface area contributed by atoms with Crippen LogP contribution in [0.25, 0.3) is 6.08 Å². The number of benzene rings is 2. The second-order valence-corrected chi connectivity index (χ2v) is 10.8. The van der Waals surface area contributed by atoms with Gasteiger partial charge in [0.2, 0.25) is 5.91 Å². The monoisotopic (exact) mass is 476 g/mol. The van der Waals surface area contributed by atoms with Crippen molar-refractivity contribution < 1.29 is 4.79 Å². The fourth-order valence-corrected chi connectivity index (χ4v) is 7.24. The molecule has 2 spiro atoms. The Bertz CT molecular complexity index is 1070. The summed E-state index contributed by atoms with van der Waals surface area (Å²) >= 11 is 3.64. The number of nitrogens with one attached hydrogen (secondary N) is 1. The molecule has 0 aromatic heterocycles. The van der Waals surface area contributed by atoms with Crippen LogP contribution in [0.2, 0.25) is 0 Å². The van der Waals surface area contributed by atoms with Crippen LogP contribution in [0.3, 0.4) is 0 Å². The third-order valence-corrected chi connectivity index (χ3v) is 8.97. The third kappa shape index (κ3) is 2.98. The van der Waals surface area contributed by atoms with E-state index in [9.17, 15) is 4.79 Å². The predicted octanol–water partition coefficient (Wildman–Crippen LogP) is 4.83. The first kappa shape index (κ1) is 19.8. The molecule has 2 aliphatic heterocycles. The molecule has 1 N–H and O–H groups in total. The number of hydrogen-bond donors (Lipinski definition) is 1. The highest BCUT2D eigenvalue weighted by molar-refractivity contribution is 9.10. The average molecular weight is 477 g/mol. The number of hydrogen-bond acceptors (Lipinski definition) is 2. The van der Waals surface area contributed by atoms with E-state index in [1.807, 2.05) is 0 Å². The lowest BCUT2D eigenvalue weighted by atomic mass is 9.64. The summed E-state index contributed by atoms with van der Waals surface area (Å²) in [6.45, 7) is 3.44. The number of rotatable bonds is 1. The molecule has 0 unspecified atom stereocenters. The summed E-state index contributed by atoms with van der Waals surface area (Å²) < 4.78 is 1.14. The van der Waals surface area contributed by atoms with Crippen molar-refractivity contribution in [3.63, 3.8) is 0 Å². The van der Waals surface area contributed by atoms with Crippen molar-refractivity contribution in [2.75, 3.05) is 26.2 Å². The maximum absolute atomic E-state index is 13.9. The van der Waals surface area contributed by atoms with Gasteiger partial charge >= 0.3 is 0 Å². The van der Waals surface area contributed by atoms with Crippen LogP contribution in [0, 0.1) is 5.92 Å². The number of halogens is 1. The average Bonchev–Trinajstić information content (AvgIpc) is 3.37. The minimum absolute atomic E-state index is 0.0413. The lowest BCUT2D eigenvalue weighted by molar-refractivity contribution is -0.138. The van der Waals surface area contributed by atoms with Crippen LogP contribution >= 0.6 is 15.9 Å². The number of fused-ring (bicyclic) bond motifs is 4. The van der Waals surface area contributed by atoms with Crippen LogP contribution in [-0.2, 0) is 22.0 Å². The van der Waals surface area contributed by atoms with Crippen molar-refractivity contribution in [1.29, 1.82) is 0 Å². The molecule has 31 heavy (non-hydrogen) atoms. The molecule has 0 bridgehead atoms. The van der Waals surface area contributed by atoms with Crippen molar-refractivity contribution in [2.45, 2.75) is 42.9 Å². The minimum atomic E-state index is -0.0413. The molecule has 1 amide bonds. The Hall–Kier alpha value is -1.91. The fourth-order valence-electron chi connectivity index (χ4n) is 6.83. The summed E-state index contributed by atoms with van der Waals surface area (Å²) in [4.78, 5) is 16.0. The van der Waals surface area contributed by atoms with E-state index in [4.69, 9.17) is 0 Å². The lowest BCUT2D eigenvalue weighted by Gasteiger charge is -2.44. The summed E-state index contributed by atoms with van der Waals surface area (Å²) in [6.07, 6.45) is 10.1. The SMILES string of the molecule is O=C([C@@H]1CNC[C@]12CCCc1cc(Br)ccc12)N1CCC2(C=Cc3ccccc32)CC1. The van der Waals surface area contributed by atoms with Gasteiger partial charge in [0.05, 0.1) is 5.92 Å². The van der Waals surface area contributed by atoms with Gasteiger partial charge in [-0.25, -0.2) is 0 Å². The zero-order valence-corrected chi connectivity index (χ0v) is 19.5. The minimum Gasteiger partial charge on any atom is -0.342 e. The van der Waals surface area contributed by atoms with E-state index in [1.54, 1.807) is 0 Å². The number of allylic oxidation sites excluding steroid dienone is 1. The van der Waals surface area contributed by atoms with Gasteiger partial charge in [-0.3, -0.25) is 4.79 Å². The number of piperidine rings is 1. The molecule has 2 atom stereocenters. The Morgan fingerprint density at radius 1 is 1.06 bits per heavy atom. The molecule has 3 nitrogen and oxygen atoms in total. The number of nitrogens with zero attached hydrogens (tertiary/aromatic N) is 1. The zero-order valence-electron chi connectivity index (χ0n) is 17.9. The van der Waals surface area contributed by atoms with E-state index in [0.717, 1.165) is 56.3 Å². The topological polar surface area (TPSA) is 32.3 Å². The van der Waals surface area contributed by atoms with Gasteiger partial charge in [-0.15, -0.1) is 0 Å². The number of likely N-dealkylation sites (tertiary alicyclic amines) is 1. The zero-order chi connectivity index (χ0) is 21.1. The Morgan fingerprint density at radius 2 is 1.90 bits per heavy atom. The summed E-state index contributed by atoms with van der Waals surface area (Å²) in [5.74, 6) is 0.416. The number of aryl methyl sites for hydroxylation is 1. The first-order chi connectivity index (χ1) is 15.1. The van der Waals surface area contributed by atoms with E-state index >= 15 is 0 Å². The second-order valence-electron chi connectivity index (χ2n) is 9.90. The maximum atomic E-state index is 13.9. The molecule has 2 aliphatic carbocycles. The van der Waals surface area contributed by atoms with Crippen LogP contribution < -0.4 is 5.32 Å². The highest BCUT2D eigenvalue weighted by atomic mass is 79.9. The molecular weight excluding hydrogens is 448 g/mol. The molecule has 0 radical (unpaired) electrons. The van der Waals surface area contributed by atoms with E-state index in [0.29, 0.717) is 5.91 Å². The molecule has 160 valence electrons. The Labute approximate surface area is 193 Å². The second kappa shape index (κ2) is 7.31. The summed E-state index contributed by atoms with van der Waals surface area (Å²) in [7, 11) is 0. The highest BCUT2D eigenvalue weighted by Crippen LogP contribution is 2.48. The van der Waals surface area contributed by atoms with Gasteiger partial charge in [-0.1, -0.05) is 58.4 Å². The summed E-state index contributed by atoms with van der Waals surface area (Å²) in [5, 5.41) is 3.60. The fraction of sp³-hybridized carbons (Fsp3) is 0.444. The van der Waals surface area contributed by atoms with Crippen LogP contribution in [-0.4, -0.2) is 37.0 Å². The molecule has 2 aromatic rings. The van der Waals surface area contributed by atoms with Crippen molar-refractivity contribution in [2.24, 2.45) is 5.92 Å². The quantitative estimate of drug-likeness (QED) is 0.638. The number of amides is 1. The van der Waals surface area contributed by atoms with Gasteiger partial charge < -0.3 is 10.2 Å². The Morgan fingerprint density at radius 3 is 2.77 bits per heavy atom. The standard InChI is InChI=1S/C27H29BrN2O/c28-21-7-8-23-20(16-21)5-3-10-27(23)18-29-17-24(27)25(31)30-14-12-26(13-15-30)11-9-19-4-1-2-6-22(19)26/h1-2,4,6-9,11,16,24,29H,3,5,10,12-15,17-18H2/t24-,27-/m0/s1. The van der Waals surface area contributed by atoms with Crippen LogP contribution in [0.1, 0.15) is 47.9 Å². The predicted molar refractivity (Wildman–Crippen MR) is 128 cm³/mol. The molecule has 2 aromatic carbocycles. The smallest absolute Gasteiger partial charge is 0.227 e. The van der Waals surface area contributed by atoms with Crippen LogP contribution in [0.4, 0.5) is 0 Å². The number of carbonyl (C=O) groups excluding carboxylic acids is 1. The summed E-state index contributed by atoms with van der Waals surface area (Å²) in [5.41, 5.74) is 5.72. The molecule has 2 saturated heterocycles. The van der Waals surface area contributed by atoms with Gasteiger partial charge in [0, 0.05) is 41.5 Å². The van der Waals surface area contributed by atoms with Crippen molar-refractivity contribution in [3.05, 3.63) is 75.3 Å². The van der Waals surface area contributed by atoms with Gasteiger partial charge in [0.25, 0.3) is 0 Å². The maximum Gasteiger partial charge on any atom is 0.227 e. The highest BCUT2D eigenvalue weighted by Gasteiger charge is 2.51. The van der Waals surface area contributed by atoms with Crippen molar-refractivity contribution >= 4 is 27.9 Å². The largest absolute Gasteiger partial charge is 0.342 e. The molecular formula is C27H29BrN2O. The molecule has 0 saturated carbocycles. The van der Waals surface area contributed by atoms with Crippen molar-refractivity contribution in [3.8, 4) is 0 Å². The molecule has 2 fully saturated rings. The Balaban J connectivity index is 1.25. The Kier molecular flexibility index (Phi) is 4.66. The van der Waals surface area contributed by atoms with Crippen LogP contribution in [0.5, 0.6) is 0 Å².